The standard InChI is InChI=1S/C18H16Cl2N4OS/c1-11-5-3-4-6-16(11)24-10-21-23-18(24)26-12(2)17(25)22-15-8-13(19)7-14(20)9-15/h3-10,12H,1-2H3,(H,22,25)/t12-/m0/s1. The molecule has 3 rings (SSSR count). The molecule has 0 unspecified atom stereocenters. The number of benzene rings is 2. The molecule has 0 aliphatic rings. The van der Waals surface area contributed by atoms with Crippen molar-refractivity contribution in [1.82, 2.24) is 14.8 Å². The van der Waals surface area contributed by atoms with E-state index in [0.717, 1.165) is 11.3 Å². The molecule has 1 heterocycles. The quantitative estimate of drug-likeness (QED) is 0.605. The molecule has 0 saturated carbocycles. The van der Waals surface area contributed by atoms with Crippen LogP contribution < -0.4 is 5.32 Å². The lowest BCUT2D eigenvalue weighted by atomic mass is 10.2. The van der Waals surface area contributed by atoms with Gasteiger partial charge in [-0.15, -0.1) is 10.2 Å². The fourth-order valence-corrected chi connectivity index (χ4v) is 3.75. The summed E-state index contributed by atoms with van der Waals surface area (Å²) < 4.78 is 1.88. The molecule has 134 valence electrons. The topological polar surface area (TPSA) is 59.8 Å². The van der Waals surface area contributed by atoms with Crippen LogP contribution in [0, 0.1) is 6.92 Å². The average molecular weight is 407 g/mol. The molecule has 5 nitrogen and oxygen atoms in total. The molecule has 1 aromatic heterocycles. The van der Waals surface area contributed by atoms with Crippen molar-refractivity contribution in [3.05, 3.63) is 64.4 Å². The van der Waals surface area contributed by atoms with E-state index < -0.39 is 0 Å². The Morgan fingerprint density at radius 3 is 2.58 bits per heavy atom. The normalized spacial score (nSPS) is 12.0. The number of halogens is 2. The minimum Gasteiger partial charge on any atom is -0.325 e. The van der Waals surface area contributed by atoms with Gasteiger partial charge in [-0.3, -0.25) is 9.36 Å². The number of aryl methyl sites for hydroxylation is 1. The van der Waals surface area contributed by atoms with Crippen LogP contribution in [0.4, 0.5) is 5.69 Å². The first-order valence-electron chi connectivity index (χ1n) is 7.83. The van der Waals surface area contributed by atoms with Gasteiger partial charge < -0.3 is 5.32 Å². The summed E-state index contributed by atoms with van der Waals surface area (Å²) >= 11 is 13.3. The summed E-state index contributed by atoms with van der Waals surface area (Å²) in [5, 5.41) is 12.1. The minimum absolute atomic E-state index is 0.173. The second-order valence-corrected chi connectivity index (χ2v) is 7.86. The SMILES string of the molecule is Cc1ccccc1-n1cnnc1S[C@@H](C)C(=O)Nc1cc(Cl)cc(Cl)c1. The summed E-state index contributed by atoms with van der Waals surface area (Å²) in [5.74, 6) is -0.173. The Kier molecular flexibility index (Phi) is 5.86. The van der Waals surface area contributed by atoms with Crippen LogP contribution in [0.3, 0.4) is 0 Å². The number of para-hydroxylation sites is 1. The molecule has 0 fully saturated rings. The van der Waals surface area contributed by atoms with E-state index in [2.05, 4.69) is 15.5 Å². The molecular formula is C18H16Cl2N4OS. The number of hydrogen-bond donors (Lipinski definition) is 1. The van der Waals surface area contributed by atoms with Gasteiger partial charge in [-0.1, -0.05) is 53.2 Å². The van der Waals surface area contributed by atoms with Gasteiger partial charge in [0.1, 0.15) is 6.33 Å². The largest absolute Gasteiger partial charge is 0.325 e. The van der Waals surface area contributed by atoms with Gasteiger partial charge in [-0.25, -0.2) is 0 Å². The van der Waals surface area contributed by atoms with Crippen LogP contribution in [0.25, 0.3) is 5.69 Å². The van der Waals surface area contributed by atoms with Crippen LogP contribution in [0.15, 0.2) is 53.9 Å². The van der Waals surface area contributed by atoms with Crippen molar-refractivity contribution in [2.45, 2.75) is 24.3 Å². The lowest BCUT2D eigenvalue weighted by Crippen LogP contribution is -2.22. The van der Waals surface area contributed by atoms with E-state index in [1.54, 1.807) is 24.5 Å². The Labute approximate surface area is 165 Å². The molecule has 0 spiro atoms. The average Bonchev–Trinajstić information content (AvgIpc) is 3.02. The lowest BCUT2D eigenvalue weighted by Gasteiger charge is -2.13. The number of thioether (sulfide) groups is 1. The van der Waals surface area contributed by atoms with Crippen molar-refractivity contribution in [2.75, 3.05) is 5.32 Å². The molecule has 1 atom stereocenters. The van der Waals surface area contributed by atoms with Gasteiger partial charge in [0.25, 0.3) is 0 Å². The molecule has 0 aliphatic carbocycles. The highest BCUT2D eigenvalue weighted by atomic mass is 35.5. The Balaban J connectivity index is 1.74. The maximum absolute atomic E-state index is 12.5. The molecule has 0 radical (unpaired) electrons. The van der Waals surface area contributed by atoms with Crippen LogP contribution >= 0.6 is 35.0 Å². The Bertz CT molecular complexity index is 924. The molecule has 1 N–H and O–H groups in total. The summed E-state index contributed by atoms with van der Waals surface area (Å²) in [4.78, 5) is 12.5. The zero-order chi connectivity index (χ0) is 18.7. The van der Waals surface area contributed by atoms with Gasteiger partial charge in [0, 0.05) is 15.7 Å². The predicted molar refractivity (Wildman–Crippen MR) is 107 cm³/mol. The first-order valence-corrected chi connectivity index (χ1v) is 9.47. The summed E-state index contributed by atoms with van der Waals surface area (Å²) in [6.45, 7) is 3.83. The maximum atomic E-state index is 12.5. The molecule has 26 heavy (non-hydrogen) atoms. The number of carbonyl (C=O) groups is 1. The molecular weight excluding hydrogens is 391 g/mol. The predicted octanol–water partition coefficient (Wildman–Crippen LogP) is 5.00. The zero-order valence-electron chi connectivity index (χ0n) is 14.1. The number of hydrogen-bond acceptors (Lipinski definition) is 4. The summed E-state index contributed by atoms with van der Waals surface area (Å²) in [7, 11) is 0. The molecule has 1 amide bonds. The van der Waals surface area contributed by atoms with E-state index >= 15 is 0 Å². The van der Waals surface area contributed by atoms with E-state index in [4.69, 9.17) is 23.2 Å². The smallest absolute Gasteiger partial charge is 0.237 e. The number of aromatic nitrogens is 3. The zero-order valence-corrected chi connectivity index (χ0v) is 16.4. The highest BCUT2D eigenvalue weighted by Gasteiger charge is 2.19. The van der Waals surface area contributed by atoms with Gasteiger partial charge in [-0.2, -0.15) is 0 Å². The third-order valence-electron chi connectivity index (χ3n) is 3.67. The first-order chi connectivity index (χ1) is 12.4. The molecule has 8 heteroatoms. The fourth-order valence-electron chi connectivity index (χ4n) is 2.39. The van der Waals surface area contributed by atoms with Gasteiger partial charge in [0.05, 0.1) is 10.9 Å². The summed E-state index contributed by atoms with van der Waals surface area (Å²) in [6, 6.07) is 12.8. The maximum Gasteiger partial charge on any atom is 0.237 e. The van der Waals surface area contributed by atoms with Gasteiger partial charge in [0.2, 0.25) is 5.91 Å². The van der Waals surface area contributed by atoms with Crippen LogP contribution in [-0.2, 0) is 4.79 Å². The molecule has 0 saturated heterocycles. The first kappa shape index (κ1) is 18.8. The van der Waals surface area contributed by atoms with E-state index in [9.17, 15) is 4.79 Å². The van der Waals surface area contributed by atoms with Crippen molar-refractivity contribution < 1.29 is 4.79 Å². The van der Waals surface area contributed by atoms with Crippen LogP contribution in [0.5, 0.6) is 0 Å². The van der Waals surface area contributed by atoms with Crippen molar-refractivity contribution in [3.63, 3.8) is 0 Å². The van der Waals surface area contributed by atoms with Crippen LogP contribution in [-0.4, -0.2) is 25.9 Å². The fraction of sp³-hybridized carbons (Fsp3) is 0.167. The molecule has 0 bridgehead atoms. The van der Waals surface area contributed by atoms with E-state index in [0.29, 0.717) is 20.9 Å². The van der Waals surface area contributed by atoms with Crippen molar-refractivity contribution in [3.8, 4) is 5.69 Å². The molecule has 2 aromatic carbocycles. The van der Waals surface area contributed by atoms with E-state index in [-0.39, 0.29) is 11.2 Å². The van der Waals surface area contributed by atoms with Crippen LogP contribution in [0.2, 0.25) is 10.0 Å². The number of carbonyl (C=O) groups excluding carboxylic acids is 1. The Hall–Kier alpha value is -2.02. The van der Waals surface area contributed by atoms with Crippen molar-refractivity contribution in [1.29, 1.82) is 0 Å². The van der Waals surface area contributed by atoms with Gasteiger partial charge in [0.15, 0.2) is 5.16 Å². The number of amides is 1. The third kappa shape index (κ3) is 4.38. The Morgan fingerprint density at radius 2 is 1.88 bits per heavy atom. The monoisotopic (exact) mass is 406 g/mol. The van der Waals surface area contributed by atoms with Crippen molar-refractivity contribution >= 4 is 46.6 Å². The highest BCUT2D eigenvalue weighted by Crippen LogP contribution is 2.27. The molecule has 3 aromatic rings. The van der Waals surface area contributed by atoms with E-state index in [1.165, 1.54) is 11.8 Å². The third-order valence-corrected chi connectivity index (χ3v) is 5.17. The van der Waals surface area contributed by atoms with Gasteiger partial charge >= 0.3 is 0 Å². The second-order valence-electron chi connectivity index (χ2n) is 5.68. The molecule has 0 aliphatic heterocycles. The van der Waals surface area contributed by atoms with E-state index in [1.807, 2.05) is 42.7 Å². The number of nitrogens with zero attached hydrogens (tertiary/aromatic N) is 3. The lowest BCUT2D eigenvalue weighted by molar-refractivity contribution is -0.115. The number of nitrogens with one attached hydrogen (secondary N) is 1. The van der Waals surface area contributed by atoms with Crippen LogP contribution in [0.1, 0.15) is 12.5 Å². The number of rotatable bonds is 5. The summed E-state index contributed by atoms with van der Waals surface area (Å²) in [6.07, 6.45) is 1.64. The number of anilines is 1. The van der Waals surface area contributed by atoms with Gasteiger partial charge in [-0.05, 0) is 43.7 Å². The second kappa shape index (κ2) is 8.12. The Morgan fingerprint density at radius 1 is 1.19 bits per heavy atom. The highest BCUT2D eigenvalue weighted by molar-refractivity contribution is 8.00. The van der Waals surface area contributed by atoms with Crippen molar-refractivity contribution in [2.24, 2.45) is 0 Å². The summed E-state index contributed by atoms with van der Waals surface area (Å²) in [5.41, 5.74) is 2.63. The minimum atomic E-state index is -0.389.